The monoisotopic (exact) mass is 319 g/mol. The van der Waals surface area contributed by atoms with E-state index in [1.54, 1.807) is 0 Å². The highest BCUT2D eigenvalue weighted by molar-refractivity contribution is 5.95. The van der Waals surface area contributed by atoms with E-state index in [-0.39, 0.29) is 12.1 Å². The van der Waals surface area contributed by atoms with Crippen LogP contribution < -0.4 is 5.32 Å². The van der Waals surface area contributed by atoms with Crippen LogP contribution >= 0.6 is 0 Å². The maximum atomic E-state index is 12.6. The van der Waals surface area contributed by atoms with Gasteiger partial charge < -0.3 is 10.4 Å². The number of nitrogens with one attached hydrogen (secondary N) is 1. The summed E-state index contributed by atoms with van der Waals surface area (Å²) in [7, 11) is 0. The number of aliphatic carboxylic acids is 1. The molecule has 0 saturated carbocycles. The third-order valence-electron chi connectivity index (χ3n) is 2.79. The highest BCUT2D eigenvalue weighted by Gasteiger charge is 2.35. The molecule has 9 heteroatoms. The van der Waals surface area contributed by atoms with Crippen molar-refractivity contribution >= 4 is 11.9 Å². The highest BCUT2D eigenvalue weighted by Crippen LogP contribution is 2.26. The number of nitrogens with zero attached hydrogens (tertiary/aromatic N) is 2. The van der Waals surface area contributed by atoms with Gasteiger partial charge in [-0.2, -0.15) is 13.2 Å². The maximum Gasteiger partial charge on any atom is 0.451 e. The Morgan fingerprint density at radius 2 is 2.00 bits per heavy atom. The van der Waals surface area contributed by atoms with Gasteiger partial charge in [0.05, 0.1) is 0 Å². The van der Waals surface area contributed by atoms with Crippen LogP contribution in [0, 0.1) is 6.92 Å². The summed E-state index contributed by atoms with van der Waals surface area (Å²) >= 11 is 0. The van der Waals surface area contributed by atoms with Crippen molar-refractivity contribution in [2.45, 2.75) is 45.3 Å². The molecule has 1 amide bonds. The van der Waals surface area contributed by atoms with Crippen LogP contribution in [0.3, 0.4) is 0 Å². The molecule has 0 aliphatic carbocycles. The molecular formula is C13H16F3N3O3. The van der Waals surface area contributed by atoms with Gasteiger partial charge in [0, 0.05) is 5.69 Å². The molecule has 0 aliphatic rings. The standard InChI is InChI=1S/C13H16F3N3O3/c1-3-4-5-8(11(21)22)18-10(20)9-6-7(2)17-12(19-9)13(14,15)16/h6,8H,3-5H2,1-2H3,(H,18,20)(H,21,22). The minimum Gasteiger partial charge on any atom is -0.480 e. The first-order valence-corrected chi connectivity index (χ1v) is 6.61. The average molecular weight is 319 g/mol. The van der Waals surface area contributed by atoms with Gasteiger partial charge in [0.1, 0.15) is 11.7 Å². The van der Waals surface area contributed by atoms with E-state index in [0.29, 0.717) is 6.42 Å². The number of carbonyl (C=O) groups excluding carboxylic acids is 1. The number of unbranched alkanes of at least 4 members (excludes halogenated alkanes) is 1. The first-order chi connectivity index (χ1) is 10.1. The molecular weight excluding hydrogens is 303 g/mol. The molecule has 0 aliphatic heterocycles. The normalized spacial score (nSPS) is 12.8. The molecule has 1 heterocycles. The molecule has 1 atom stereocenters. The number of carbonyl (C=O) groups is 2. The van der Waals surface area contributed by atoms with E-state index in [0.717, 1.165) is 12.5 Å². The quantitative estimate of drug-likeness (QED) is 0.838. The van der Waals surface area contributed by atoms with Gasteiger partial charge >= 0.3 is 12.1 Å². The van der Waals surface area contributed by atoms with E-state index >= 15 is 0 Å². The largest absolute Gasteiger partial charge is 0.480 e. The van der Waals surface area contributed by atoms with Crippen LogP contribution in [0.2, 0.25) is 0 Å². The number of alkyl halides is 3. The lowest BCUT2D eigenvalue weighted by Crippen LogP contribution is -2.41. The maximum absolute atomic E-state index is 12.6. The number of carboxylic acid groups (broad SMARTS) is 1. The number of aromatic nitrogens is 2. The zero-order valence-corrected chi connectivity index (χ0v) is 12.1. The van der Waals surface area contributed by atoms with Crippen molar-refractivity contribution in [1.82, 2.24) is 15.3 Å². The Morgan fingerprint density at radius 3 is 2.50 bits per heavy atom. The SMILES string of the molecule is CCCCC(NC(=O)c1cc(C)nc(C(F)(F)F)n1)C(=O)O. The summed E-state index contributed by atoms with van der Waals surface area (Å²) in [5, 5.41) is 11.2. The van der Waals surface area contributed by atoms with E-state index in [9.17, 15) is 22.8 Å². The molecule has 1 aromatic heterocycles. The number of carboxylic acids is 1. The Morgan fingerprint density at radius 1 is 1.36 bits per heavy atom. The molecule has 0 radical (unpaired) electrons. The van der Waals surface area contributed by atoms with E-state index in [2.05, 4.69) is 15.3 Å². The summed E-state index contributed by atoms with van der Waals surface area (Å²) in [5.41, 5.74) is -0.546. The minimum atomic E-state index is -4.78. The summed E-state index contributed by atoms with van der Waals surface area (Å²) in [6.07, 6.45) is -3.30. The fourth-order valence-electron chi connectivity index (χ4n) is 1.71. The molecule has 0 spiro atoms. The van der Waals surface area contributed by atoms with E-state index in [4.69, 9.17) is 5.11 Å². The smallest absolute Gasteiger partial charge is 0.451 e. The van der Waals surface area contributed by atoms with Crippen molar-refractivity contribution in [1.29, 1.82) is 0 Å². The number of amides is 1. The topological polar surface area (TPSA) is 92.2 Å². The third kappa shape index (κ3) is 4.97. The summed E-state index contributed by atoms with van der Waals surface area (Å²) < 4.78 is 37.9. The summed E-state index contributed by atoms with van der Waals surface area (Å²) in [6, 6.07) is -0.0967. The molecule has 0 bridgehead atoms. The molecule has 1 rings (SSSR count). The Hall–Kier alpha value is -2.19. The van der Waals surface area contributed by atoms with E-state index < -0.39 is 35.6 Å². The van der Waals surface area contributed by atoms with Gasteiger partial charge in [-0.15, -0.1) is 0 Å². The van der Waals surface area contributed by atoms with Crippen molar-refractivity contribution < 1.29 is 27.9 Å². The number of aryl methyl sites for hydroxylation is 1. The lowest BCUT2D eigenvalue weighted by atomic mass is 10.1. The Bertz CT molecular complexity index is 561. The van der Waals surface area contributed by atoms with Gasteiger partial charge in [-0.05, 0) is 19.4 Å². The molecule has 1 aromatic rings. The lowest BCUT2D eigenvalue weighted by Gasteiger charge is -2.14. The van der Waals surface area contributed by atoms with Crippen LogP contribution in [-0.2, 0) is 11.0 Å². The van der Waals surface area contributed by atoms with Gasteiger partial charge in [0.15, 0.2) is 0 Å². The van der Waals surface area contributed by atoms with Gasteiger partial charge in [0.2, 0.25) is 5.82 Å². The fraction of sp³-hybridized carbons (Fsp3) is 0.538. The third-order valence-corrected chi connectivity index (χ3v) is 2.79. The van der Waals surface area contributed by atoms with Gasteiger partial charge in [-0.25, -0.2) is 14.8 Å². The van der Waals surface area contributed by atoms with Crippen molar-refractivity contribution in [3.8, 4) is 0 Å². The van der Waals surface area contributed by atoms with E-state index in [1.165, 1.54) is 6.92 Å². The molecule has 0 aromatic carbocycles. The van der Waals surface area contributed by atoms with Crippen molar-refractivity contribution in [3.63, 3.8) is 0 Å². The first-order valence-electron chi connectivity index (χ1n) is 6.61. The Balaban J connectivity index is 2.97. The van der Waals surface area contributed by atoms with Crippen molar-refractivity contribution in [2.24, 2.45) is 0 Å². The minimum absolute atomic E-state index is 0.0343. The second kappa shape index (κ2) is 7.19. The van der Waals surface area contributed by atoms with Crippen molar-refractivity contribution in [2.75, 3.05) is 0 Å². The van der Waals surface area contributed by atoms with Crippen molar-refractivity contribution in [3.05, 3.63) is 23.3 Å². The van der Waals surface area contributed by atoms with Crippen LogP contribution in [-0.4, -0.2) is 33.0 Å². The van der Waals surface area contributed by atoms with Crippen LogP contribution in [0.5, 0.6) is 0 Å². The number of hydrogen-bond donors (Lipinski definition) is 2. The van der Waals surface area contributed by atoms with Crippen LogP contribution in [0.25, 0.3) is 0 Å². The average Bonchev–Trinajstić information content (AvgIpc) is 2.41. The predicted molar refractivity (Wildman–Crippen MR) is 70.2 cm³/mol. The van der Waals surface area contributed by atoms with Gasteiger partial charge in [0.25, 0.3) is 5.91 Å². The predicted octanol–water partition coefficient (Wildman–Crippen LogP) is 2.18. The van der Waals surface area contributed by atoms with Gasteiger partial charge in [-0.1, -0.05) is 19.8 Å². The molecule has 2 N–H and O–H groups in total. The molecule has 0 saturated heterocycles. The van der Waals surface area contributed by atoms with E-state index in [1.807, 2.05) is 6.92 Å². The van der Waals surface area contributed by atoms with Crippen LogP contribution in [0.4, 0.5) is 13.2 Å². The molecule has 22 heavy (non-hydrogen) atoms. The molecule has 6 nitrogen and oxygen atoms in total. The molecule has 122 valence electrons. The second-order valence-corrected chi connectivity index (χ2v) is 4.72. The Kier molecular flexibility index (Phi) is 5.84. The highest BCUT2D eigenvalue weighted by atomic mass is 19.4. The van der Waals surface area contributed by atoms with Gasteiger partial charge in [-0.3, -0.25) is 4.79 Å². The summed E-state index contributed by atoms with van der Waals surface area (Å²) in [6.45, 7) is 3.14. The number of halogens is 3. The molecule has 0 fully saturated rings. The number of hydrogen-bond acceptors (Lipinski definition) is 4. The number of rotatable bonds is 6. The first kappa shape index (κ1) is 17.9. The summed E-state index contributed by atoms with van der Waals surface area (Å²) in [4.78, 5) is 29.3. The summed E-state index contributed by atoms with van der Waals surface area (Å²) in [5.74, 6) is -3.65. The van der Waals surface area contributed by atoms with Crippen LogP contribution in [0.15, 0.2) is 6.07 Å². The van der Waals surface area contributed by atoms with Crippen LogP contribution in [0.1, 0.15) is 48.2 Å². The second-order valence-electron chi connectivity index (χ2n) is 4.72. The fourth-order valence-corrected chi connectivity index (χ4v) is 1.71. The molecule has 1 unspecified atom stereocenters. The zero-order valence-electron chi connectivity index (χ0n) is 12.1. The lowest BCUT2D eigenvalue weighted by molar-refractivity contribution is -0.145. The zero-order chi connectivity index (χ0) is 16.9. The Labute approximate surface area is 124 Å².